The van der Waals surface area contributed by atoms with Gasteiger partial charge in [-0.2, -0.15) is 0 Å². The number of aryl methyl sites for hydroxylation is 1. The summed E-state index contributed by atoms with van der Waals surface area (Å²) >= 11 is 0. The molecular formula is C26H22N2O3S. The molecule has 0 unspecified atom stereocenters. The van der Waals surface area contributed by atoms with Gasteiger partial charge in [-0.25, -0.2) is 8.42 Å². The Hall–Kier alpha value is -3.64. The highest BCUT2D eigenvalue weighted by Crippen LogP contribution is 2.34. The molecule has 0 saturated heterocycles. The Bertz CT molecular complexity index is 1440. The highest BCUT2D eigenvalue weighted by molar-refractivity contribution is 7.92. The second kappa shape index (κ2) is 7.80. The lowest BCUT2D eigenvalue weighted by molar-refractivity contribution is 0.102. The lowest BCUT2D eigenvalue weighted by atomic mass is 10.1. The van der Waals surface area contributed by atoms with Crippen LogP contribution < -0.4 is 9.62 Å². The Morgan fingerprint density at radius 3 is 2.47 bits per heavy atom. The van der Waals surface area contributed by atoms with Gasteiger partial charge in [-0.3, -0.25) is 9.10 Å². The molecule has 160 valence electrons. The van der Waals surface area contributed by atoms with Gasteiger partial charge in [0, 0.05) is 23.2 Å². The van der Waals surface area contributed by atoms with Gasteiger partial charge in [0.05, 0.1) is 10.6 Å². The number of hydrogen-bond acceptors (Lipinski definition) is 3. The number of nitrogens with one attached hydrogen (secondary N) is 1. The van der Waals surface area contributed by atoms with Crippen molar-refractivity contribution < 1.29 is 13.2 Å². The molecule has 5 nitrogen and oxygen atoms in total. The molecule has 0 radical (unpaired) electrons. The quantitative estimate of drug-likeness (QED) is 0.475. The minimum Gasteiger partial charge on any atom is -0.321 e. The molecular weight excluding hydrogens is 420 g/mol. The maximum absolute atomic E-state index is 13.1. The van der Waals surface area contributed by atoms with Gasteiger partial charge in [-0.05, 0) is 60.7 Å². The summed E-state index contributed by atoms with van der Waals surface area (Å²) in [7, 11) is -3.64. The van der Waals surface area contributed by atoms with E-state index in [-0.39, 0.29) is 10.8 Å². The zero-order valence-electron chi connectivity index (χ0n) is 17.6. The predicted octanol–water partition coefficient (Wildman–Crippen LogP) is 5.15. The first-order valence-corrected chi connectivity index (χ1v) is 11.9. The predicted molar refractivity (Wildman–Crippen MR) is 128 cm³/mol. The third kappa shape index (κ3) is 3.52. The Morgan fingerprint density at radius 2 is 1.66 bits per heavy atom. The SMILES string of the molecule is Cc1ccc(S(=O)(=O)N2CCc3cc(C(=O)Nc4cccc5ccccc45)ccc32)cc1. The van der Waals surface area contributed by atoms with Crippen LogP contribution in [0, 0.1) is 6.92 Å². The van der Waals surface area contributed by atoms with Crippen LogP contribution in [0.4, 0.5) is 11.4 Å². The molecule has 4 aromatic carbocycles. The molecule has 1 heterocycles. The van der Waals surface area contributed by atoms with E-state index >= 15 is 0 Å². The highest BCUT2D eigenvalue weighted by atomic mass is 32.2. The van der Waals surface area contributed by atoms with E-state index in [1.54, 1.807) is 42.5 Å². The van der Waals surface area contributed by atoms with Crippen molar-refractivity contribution in [3.63, 3.8) is 0 Å². The minimum absolute atomic E-state index is 0.219. The molecule has 0 atom stereocenters. The van der Waals surface area contributed by atoms with E-state index in [9.17, 15) is 13.2 Å². The van der Waals surface area contributed by atoms with Crippen molar-refractivity contribution >= 4 is 38.1 Å². The molecule has 4 aromatic rings. The summed E-state index contributed by atoms with van der Waals surface area (Å²) in [5.41, 5.74) is 3.75. The smallest absolute Gasteiger partial charge is 0.264 e. The number of carbonyl (C=O) groups excluding carboxylic acids is 1. The second-order valence-electron chi connectivity index (χ2n) is 7.96. The number of nitrogens with zero attached hydrogens (tertiary/aromatic N) is 1. The van der Waals surface area contributed by atoms with Crippen molar-refractivity contribution in [2.45, 2.75) is 18.2 Å². The van der Waals surface area contributed by atoms with Crippen LogP contribution in [0.5, 0.6) is 0 Å². The summed E-state index contributed by atoms with van der Waals surface area (Å²) in [6.07, 6.45) is 0.565. The number of rotatable bonds is 4. The normalized spacial score (nSPS) is 13.2. The van der Waals surface area contributed by atoms with Gasteiger partial charge in [-0.1, -0.05) is 54.1 Å². The lowest BCUT2D eigenvalue weighted by Gasteiger charge is -2.20. The number of carbonyl (C=O) groups is 1. The van der Waals surface area contributed by atoms with E-state index in [0.29, 0.717) is 24.2 Å². The fraction of sp³-hybridized carbons (Fsp3) is 0.115. The van der Waals surface area contributed by atoms with Gasteiger partial charge in [0.15, 0.2) is 0 Å². The molecule has 32 heavy (non-hydrogen) atoms. The zero-order valence-corrected chi connectivity index (χ0v) is 18.4. The summed E-state index contributed by atoms with van der Waals surface area (Å²) in [4.78, 5) is 13.2. The van der Waals surface area contributed by atoms with Gasteiger partial charge in [0.2, 0.25) is 0 Å². The van der Waals surface area contributed by atoms with E-state index in [1.807, 2.05) is 49.4 Å². The molecule has 0 fully saturated rings. The molecule has 6 heteroatoms. The molecule has 0 spiro atoms. The molecule has 0 bridgehead atoms. The second-order valence-corrected chi connectivity index (χ2v) is 9.83. The van der Waals surface area contributed by atoms with E-state index in [0.717, 1.165) is 27.6 Å². The molecule has 1 aliphatic rings. The van der Waals surface area contributed by atoms with Crippen molar-refractivity contribution in [2.24, 2.45) is 0 Å². The molecule has 1 N–H and O–H groups in total. The number of amides is 1. The summed E-state index contributed by atoms with van der Waals surface area (Å²) < 4.78 is 27.7. The van der Waals surface area contributed by atoms with Gasteiger partial charge >= 0.3 is 0 Å². The van der Waals surface area contributed by atoms with Gasteiger partial charge in [0.25, 0.3) is 15.9 Å². The number of anilines is 2. The van der Waals surface area contributed by atoms with Crippen LogP contribution >= 0.6 is 0 Å². The fourth-order valence-electron chi connectivity index (χ4n) is 4.13. The van der Waals surface area contributed by atoms with Gasteiger partial charge in [-0.15, -0.1) is 0 Å². The maximum atomic E-state index is 13.1. The Labute approximate surface area is 187 Å². The third-order valence-corrected chi connectivity index (χ3v) is 7.67. The largest absolute Gasteiger partial charge is 0.321 e. The lowest BCUT2D eigenvalue weighted by Crippen LogP contribution is -2.29. The number of benzene rings is 4. The van der Waals surface area contributed by atoms with Crippen molar-refractivity contribution in [1.29, 1.82) is 0 Å². The number of fused-ring (bicyclic) bond motifs is 2. The molecule has 0 aromatic heterocycles. The highest BCUT2D eigenvalue weighted by Gasteiger charge is 2.31. The summed E-state index contributed by atoms with van der Waals surface area (Å²) in [5, 5.41) is 5.02. The van der Waals surface area contributed by atoms with Crippen molar-refractivity contribution in [3.8, 4) is 0 Å². The first-order valence-electron chi connectivity index (χ1n) is 10.4. The number of sulfonamides is 1. The first-order chi connectivity index (χ1) is 15.4. The van der Waals surface area contributed by atoms with E-state index in [1.165, 1.54) is 4.31 Å². The monoisotopic (exact) mass is 442 g/mol. The molecule has 0 aliphatic carbocycles. The third-order valence-electron chi connectivity index (χ3n) is 5.84. The number of hydrogen-bond donors (Lipinski definition) is 1. The molecule has 0 saturated carbocycles. The van der Waals surface area contributed by atoms with E-state index in [2.05, 4.69) is 5.32 Å². The standard InChI is InChI=1S/C26H22N2O3S/c1-18-9-12-22(13-10-18)32(30,31)28-16-15-20-17-21(11-14-25(20)28)26(29)27-24-8-4-6-19-5-2-3-7-23(19)24/h2-14,17H,15-16H2,1H3,(H,27,29). The van der Waals surface area contributed by atoms with Crippen LogP contribution in [-0.2, 0) is 16.4 Å². The van der Waals surface area contributed by atoms with Crippen LogP contribution in [0.15, 0.2) is 89.8 Å². The summed E-state index contributed by atoms with van der Waals surface area (Å²) in [5.74, 6) is -0.219. The van der Waals surface area contributed by atoms with Crippen molar-refractivity contribution in [1.82, 2.24) is 0 Å². The Balaban J connectivity index is 1.42. The maximum Gasteiger partial charge on any atom is 0.264 e. The molecule has 1 aliphatic heterocycles. The van der Waals surface area contributed by atoms with Gasteiger partial charge < -0.3 is 5.32 Å². The van der Waals surface area contributed by atoms with E-state index in [4.69, 9.17) is 0 Å². The molecule has 1 amide bonds. The molecule has 5 rings (SSSR count). The van der Waals surface area contributed by atoms with Crippen LogP contribution in [0.1, 0.15) is 21.5 Å². The fourth-order valence-corrected chi connectivity index (χ4v) is 5.63. The van der Waals surface area contributed by atoms with Crippen molar-refractivity contribution in [2.75, 3.05) is 16.2 Å². The van der Waals surface area contributed by atoms with Crippen LogP contribution in [0.2, 0.25) is 0 Å². The van der Waals surface area contributed by atoms with Crippen LogP contribution in [-0.4, -0.2) is 20.9 Å². The van der Waals surface area contributed by atoms with Gasteiger partial charge in [0.1, 0.15) is 0 Å². The van der Waals surface area contributed by atoms with Crippen LogP contribution in [0.3, 0.4) is 0 Å². The van der Waals surface area contributed by atoms with Crippen LogP contribution in [0.25, 0.3) is 10.8 Å². The summed E-state index contributed by atoms with van der Waals surface area (Å²) in [6, 6.07) is 25.7. The minimum atomic E-state index is -3.64. The Kier molecular flexibility index (Phi) is 4.94. The average molecular weight is 443 g/mol. The first kappa shape index (κ1) is 20.3. The average Bonchev–Trinajstić information content (AvgIpc) is 3.24. The topological polar surface area (TPSA) is 66.5 Å². The van der Waals surface area contributed by atoms with Crippen molar-refractivity contribution in [3.05, 3.63) is 102 Å². The Morgan fingerprint density at radius 1 is 0.906 bits per heavy atom. The van der Waals surface area contributed by atoms with E-state index < -0.39 is 10.0 Å². The zero-order chi connectivity index (χ0) is 22.3. The summed E-state index contributed by atoms with van der Waals surface area (Å²) in [6.45, 7) is 2.28.